The van der Waals surface area contributed by atoms with Crippen molar-refractivity contribution in [3.05, 3.63) is 70.8 Å². The van der Waals surface area contributed by atoms with Gasteiger partial charge in [-0.05, 0) is 23.8 Å². The van der Waals surface area contributed by atoms with E-state index in [0.717, 1.165) is 11.8 Å². The molecule has 1 aliphatic rings. The van der Waals surface area contributed by atoms with Gasteiger partial charge in [-0.25, -0.2) is 4.79 Å². The van der Waals surface area contributed by atoms with Crippen molar-refractivity contribution < 1.29 is 23.9 Å². The molecule has 4 amide bonds. The lowest BCUT2D eigenvalue weighted by molar-refractivity contribution is -0.123. The molecule has 1 heterocycles. The minimum absolute atomic E-state index is 0.191. The van der Waals surface area contributed by atoms with E-state index in [0.29, 0.717) is 16.9 Å². The van der Waals surface area contributed by atoms with E-state index in [1.54, 1.807) is 42.5 Å². The molecule has 2 aromatic rings. The molecule has 3 rings (SSSR count). The Morgan fingerprint density at radius 1 is 0.923 bits per heavy atom. The maximum atomic E-state index is 11.8. The van der Waals surface area contributed by atoms with Crippen LogP contribution in [0.15, 0.2) is 54.1 Å². The zero-order valence-electron chi connectivity index (χ0n) is 13.5. The van der Waals surface area contributed by atoms with Crippen LogP contribution in [0.1, 0.15) is 21.5 Å². The van der Waals surface area contributed by atoms with Gasteiger partial charge in [-0.1, -0.05) is 36.4 Å². The SMILES string of the molecule is O=Cc1cccc(COc2ccccc2C=C2C(=O)NC(=O)NC2=O)c1. The fourth-order valence-corrected chi connectivity index (χ4v) is 2.41. The van der Waals surface area contributed by atoms with Crippen LogP contribution in [-0.2, 0) is 16.2 Å². The van der Waals surface area contributed by atoms with E-state index in [1.807, 2.05) is 16.7 Å². The van der Waals surface area contributed by atoms with E-state index in [9.17, 15) is 19.2 Å². The smallest absolute Gasteiger partial charge is 0.328 e. The highest BCUT2D eigenvalue weighted by Crippen LogP contribution is 2.23. The van der Waals surface area contributed by atoms with Crippen LogP contribution in [-0.4, -0.2) is 24.1 Å². The van der Waals surface area contributed by atoms with Crippen molar-refractivity contribution in [3.8, 4) is 5.75 Å². The highest BCUT2D eigenvalue weighted by molar-refractivity contribution is 6.31. The Hall–Kier alpha value is -3.74. The number of barbiturate groups is 1. The zero-order valence-corrected chi connectivity index (χ0v) is 13.5. The zero-order chi connectivity index (χ0) is 18.5. The van der Waals surface area contributed by atoms with E-state index in [1.165, 1.54) is 6.08 Å². The minimum atomic E-state index is -0.850. The second-order valence-electron chi connectivity index (χ2n) is 5.48. The highest BCUT2D eigenvalue weighted by atomic mass is 16.5. The van der Waals surface area contributed by atoms with E-state index in [4.69, 9.17) is 4.74 Å². The molecule has 0 spiro atoms. The van der Waals surface area contributed by atoms with Crippen molar-refractivity contribution in [1.29, 1.82) is 0 Å². The number of rotatable bonds is 5. The van der Waals surface area contributed by atoms with Crippen LogP contribution in [0.5, 0.6) is 5.75 Å². The summed E-state index contributed by atoms with van der Waals surface area (Å²) in [5.74, 6) is -1.09. The molecule has 0 radical (unpaired) electrons. The predicted octanol–water partition coefficient (Wildman–Crippen LogP) is 1.83. The lowest BCUT2D eigenvalue weighted by Gasteiger charge is -2.15. The van der Waals surface area contributed by atoms with E-state index in [-0.39, 0.29) is 12.2 Å². The van der Waals surface area contributed by atoms with E-state index < -0.39 is 17.8 Å². The molecule has 130 valence electrons. The number of carbonyl (C=O) groups is 4. The molecule has 2 aromatic carbocycles. The van der Waals surface area contributed by atoms with Gasteiger partial charge in [-0.15, -0.1) is 0 Å². The Labute approximate surface area is 148 Å². The van der Waals surface area contributed by atoms with Crippen LogP contribution >= 0.6 is 0 Å². The lowest BCUT2D eigenvalue weighted by atomic mass is 10.1. The molecule has 0 aliphatic carbocycles. The average molecular weight is 350 g/mol. The van der Waals surface area contributed by atoms with Crippen LogP contribution in [0, 0.1) is 0 Å². The molecule has 0 aromatic heterocycles. The fourth-order valence-electron chi connectivity index (χ4n) is 2.41. The molecule has 7 heteroatoms. The van der Waals surface area contributed by atoms with E-state index >= 15 is 0 Å². The van der Waals surface area contributed by atoms with Gasteiger partial charge in [0, 0.05) is 11.1 Å². The van der Waals surface area contributed by atoms with Crippen molar-refractivity contribution in [2.75, 3.05) is 0 Å². The first-order valence-electron chi connectivity index (χ1n) is 7.71. The van der Waals surface area contributed by atoms with Gasteiger partial charge in [0.2, 0.25) is 0 Å². The standard InChI is InChI=1S/C19H14N2O5/c22-10-12-4-3-5-13(8-12)11-26-16-7-2-1-6-14(16)9-15-17(23)20-19(25)21-18(15)24/h1-10H,11H2,(H2,20,21,23,24,25). The molecule has 1 aliphatic heterocycles. The molecule has 0 unspecified atom stereocenters. The quantitative estimate of drug-likeness (QED) is 0.487. The molecule has 1 fully saturated rings. The number of benzene rings is 2. The summed E-state index contributed by atoms with van der Waals surface area (Å²) >= 11 is 0. The molecule has 7 nitrogen and oxygen atoms in total. The third kappa shape index (κ3) is 3.84. The molecule has 0 saturated carbocycles. The van der Waals surface area contributed by atoms with Gasteiger partial charge in [0.1, 0.15) is 24.2 Å². The van der Waals surface area contributed by atoms with Crippen LogP contribution < -0.4 is 15.4 Å². The number of hydrogen-bond acceptors (Lipinski definition) is 5. The van der Waals surface area contributed by atoms with Gasteiger partial charge in [0.25, 0.3) is 11.8 Å². The second-order valence-corrected chi connectivity index (χ2v) is 5.48. The summed E-state index contributed by atoms with van der Waals surface area (Å²) in [7, 11) is 0. The summed E-state index contributed by atoms with van der Waals surface area (Å²) in [6.07, 6.45) is 2.11. The minimum Gasteiger partial charge on any atom is -0.488 e. The van der Waals surface area contributed by atoms with Gasteiger partial charge in [-0.3, -0.25) is 25.0 Å². The second kappa shape index (κ2) is 7.43. The van der Waals surface area contributed by atoms with Crippen molar-refractivity contribution in [2.45, 2.75) is 6.61 Å². The number of ether oxygens (including phenoxy) is 1. The normalized spacial score (nSPS) is 13.7. The van der Waals surface area contributed by atoms with Crippen molar-refractivity contribution in [1.82, 2.24) is 10.6 Å². The topological polar surface area (TPSA) is 102 Å². The van der Waals surface area contributed by atoms with E-state index in [2.05, 4.69) is 0 Å². The summed E-state index contributed by atoms with van der Waals surface area (Å²) in [5.41, 5.74) is 1.66. The first kappa shape index (κ1) is 17.1. The Bertz CT molecular complexity index is 911. The third-order valence-corrected chi connectivity index (χ3v) is 3.64. The average Bonchev–Trinajstić information content (AvgIpc) is 2.64. The summed E-state index contributed by atoms with van der Waals surface area (Å²) in [4.78, 5) is 45.7. The van der Waals surface area contributed by atoms with Gasteiger partial charge >= 0.3 is 6.03 Å². The number of amides is 4. The number of imide groups is 2. The first-order chi connectivity index (χ1) is 12.6. The summed E-state index contributed by atoms with van der Waals surface area (Å²) < 4.78 is 5.76. The largest absolute Gasteiger partial charge is 0.488 e. The fraction of sp³-hybridized carbons (Fsp3) is 0.0526. The Morgan fingerprint density at radius 2 is 1.65 bits per heavy atom. The van der Waals surface area contributed by atoms with Crippen molar-refractivity contribution in [2.24, 2.45) is 0 Å². The lowest BCUT2D eigenvalue weighted by Crippen LogP contribution is -2.51. The first-order valence-corrected chi connectivity index (χ1v) is 7.71. The summed E-state index contributed by atoms with van der Waals surface area (Å²) in [6, 6.07) is 13.0. The van der Waals surface area contributed by atoms with Gasteiger partial charge < -0.3 is 4.74 Å². The van der Waals surface area contributed by atoms with Gasteiger partial charge in [0.05, 0.1) is 0 Å². The highest BCUT2D eigenvalue weighted by Gasteiger charge is 2.27. The third-order valence-electron chi connectivity index (χ3n) is 3.64. The molecule has 2 N–H and O–H groups in total. The van der Waals surface area contributed by atoms with Crippen LogP contribution in [0.2, 0.25) is 0 Å². The molecule has 26 heavy (non-hydrogen) atoms. The monoisotopic (exact) mass is 350 g/mol. The summed E-state index contributed by atoms with van der Waals surface area (Å²) in [5, 5.41) is 4.04. The number of aldehydes is 1. The van der Waals surface area contributed by atoms with Gasteiger partial charge in [0.15, 0.2) is 0 Å². The van der Waals surface area contributed by atoms with Crippen LogP contribution in [0.4, 0.5) is 4.79 Å². The van der Waals surface area contributed by atoms with Crippen molar-refractivity contribution >= 4 is 30.2 Å². The molecular formula is C19H14N2O5. The number of hydrogen-bond donors (Lipinski definition) is 2. The Morgan fingerprint density at radius 3 is 2.38 bits per heavy atom. The van der Waals surface area contributed by atoms with Crippen LogP contribution in [0.3, 0.4) is 0 Å². The Kier molecular flexibility index (Phi) is 4.89. The number of urea groups is 1. The van der Waals surface area contributed by atoms with Crippen LogP contribution in [0.25, 0.3) is 6.08 Å². The van der Waals surface area contributed by atoms with Crippen molar-refractivity contribution in [3.63, 3.8) is 0 Å². The molecule has 0 atom stereocenters. The molecule has 1 saturated heterocycles. The number of nitrogens with one attached hydrogen (secondary N) is 2. The molecular weight excluding hydrogens is 336 g/mol. The number of carbonyl (C=O) groups excluding carboxylic acids is 4. The maximum absolute atomic E-state index is 11.8. The Balaban J connectivity index is 1.83. The summed E-state index contributed by atoms with van der Waals surface area (Å²) in [6.45, 7) is 0.207. The number of para-hydroxylation sites is 1. The van der Waals surface area contributed by atoms with Gasteiger partial charge in [-0.2, -0.15) is 0 Å². The molecule has 0 bridgehead atoms. The maximum Gasteiger partial charge on any atom is 0.328 e. The predicted molar refractivity (Wildman–Crippen MR) is 92.3 cm³/mol.